The van der Waals surface area contributed by atoms with Crippen molar-refractivity contribution in [3.8, 4) is 5.75 Å². The summed E-state index contributed by atoms with van der Waals surface area (Å²) in [6, 6.07) is 7.46. The minimum absolute atomic E-state index is 0.0941. The second-order valence-electron chi connectivity index (χ2n) is 6.42. The topological polar surface area (TPSA) is 32.8 Å². The zero-order valence-electron chi connectivity index (χ0n) is 14.0. The Morgan fingerprint density at radius 2 is 1.92 bits per heavy atom. The molecule has 0 aliphatic carbocycles. The lowest BCUT2D eigenvalue weighted by Gasteiger charge is -2.32. The van der Waals surface area contributed by atoms with Gasteiger partial charge >= 0.3 is 0 Å². The Balaban J connectivity index is 1.57. The van der Waals surface area contributed by atoms with Crippen LogP contribution in [0.1, 0.15) is 19.3 Å². The van der Waals surface area contributed by atoms with E-state index in [0.717, 1.165) is 31.0 Å². The molecule has 0 bridgehead atoms. The van der Waals surface area contributed by atoms with Crippen LogP contribution in [0.2, 0.25) is 5.02 Å². The lowest BCUT2D eigenvalue weighted by Crippen LogP contribution is -2.49. The number of hydrogen-bond donors (Lipinski definition) is 0. The summed E-state index contributed by atoms with van der Waals surface area (Å²) in [5, 5.41) is 0.670. The Bertz CT molecular complexity index is 534. The van der Waals surface area contributed by atoms with Crippen molar-refractivity contribution in [1.82, 2.24) is 9.80 Å². The maximum atomic E-state index is 12.7. The number of ether oxygens (including phenoxy) is 1. The van der Waals surface area contributed by atoms with E-state index in [2.05, 4.69) is 4.90 Å². The van der Waals surface area contributed by atoms with Crippen LogP contribution in [0.5, 0.6) is 5.75 Å². The van der Waals surface area contributed by atoms with Crippen molar-refractivity contribution in [3.05, 3.63) is 29.3 Å². The molecule has 1 amide bonds. The SMILES string of the molecule is O=C(COc1ccc(Cl)cc1)N1CCCSC[C@H]1CN1CCCC1. The molecule has 6 heteroatoms. The molecule has 2 aliphatic heterocycles. The highest BCUT2D eigenvalue weighted by molar-refractivity contribution is 7.99. The second-order valence-corrected chi connectivity index (χ2v) is 8.01. The van der Waals surface area contributed by atoms with E-state index in [1.807, 2.05) is 16.7 Å². The molecule has 0 saturated carbocycles. The zero-order chi connectivity index (χ0) is 16.8. The molecule has 1 aromatic carbocycles. The first-order valence-corrected chi connectivity index (χ1v) is 10.2. The number of nitrogens with zero attached hydrogens (tertiary/aromatic N) is 2. The first kappa shape index (κ1) is 17.9. The van der Waals surface area contributed by atoms with E-state index in [9.17, 15) is 4.79 Å². The fourth-order valence-corrected chi connectivity index (χ4v) is 4.51. The standard InChI is InChI=1S/C18H25ClN2O2S/c19-15-4-6-17(7-5-15)23-13-18(22)21-10-3-11-24-14-16(21)12-20-8-1-2-9-20/h4-7,16H,1-3,8-14H2/t16-/m1/s1. The molecule has 0 aromatic heterocycles. The van der Waals surface area contributed by atoms with Crippen LogP contribution < -0.4 is 4.74 Å². The number of halogens is 1. The van der Waals surface area contributed by atoms with Crippen LogP contribution in [0.25, 0.3) is 0 Å². The van der Waals surface area contributed by atoms with Crippen molar-refractivity contribution >= 4 is 29.3 Å². The van der Waals surface area contributed by atoms with E-state index in [0.29, 0.717) is 16.8 Å². The van der Waals surface area contributed by atoms with E-state index in [1.54, 1.807) is 24.3 Å². The van der Waals surface area contributed by atoms with Crippen molar-refractivity contribution in [2.75, 3.05) is 44.3 Å². The van der Waals surface area contributed by atoms with Crippen LogP contribution in [0.15, 0.2) is 24.3 Å². The molecule has 0 unspecified atom stereocenters. The van der Waals surface area contributed by atoms with Crippen molar-refractivity contribution in [2.45, 2.75) is 25.3 Å². The number of benzene rings is 1. The monoisotopic (exact) mass is 368 g/mol. The van der Waals surface area contributed by atoms with E-state index < -0.39 is 0 Å². The number of rotatable bonds is 5. The Hall–Kier alpha value is -0.910. The van der Waals surface area contributed by atoms with Gasteiger partial charge in [0.2, 0.25) is 0 Å². The van der Waals surface area contributed by atoms with Gasteiger partial charge in [0.05, 0.1) is 6.04 Å². The molecular weight excluding hydrogens is 344 g/mol. The highest BCUT2D eigenvalue weighted by Gasteiger charge is 2.28. The van der Waals surface area contributed by atoms with Crippen LogP contribution in [-0.4, -0.2) is 66.0 Å². The smallest absolute Gasteiger partial charge is 0.260 e. The summed E-state index contributed by atoms with van der Waals surface area (Å²) in [5.41, 5.74) is 0. The quantitative estimate of drug-likeness (QED) is 0.799. The van der Waals surface area contributed by atoms with Gasteiger partial charge in [-0.05, 0) is 62.4 Å². The summed E-state index contributed by atoms with van der Waals surface area (Å²) in [6.07, 6.45) is 3.63. The van der Waals surface area contributed by atoms with Crippen LogP contribution in [0, 0.1) is 0 Å². The molecule has 3 rings (SSSR count). The van der Waals surface area contributed by atoms with Gasteiger partial charge in [0.25, 0.3) is 5.91 Å². The maximum absolute atomic E-state index is 12.7. The van der Waals surface area contributed by atoms with Gasteiger partial charge in [0.15, 0.2) is 6.61 Å². The van der Waals surface area contributed by atoms with E-state index >= 15 is 0 Å². The molecule has 4 nitrogen and oxygen atoms in total. The van der Waals surface area contributed by atoms with Gasteiger partial charge in [-0.2, -0.15) is 11.8 Å². The second kappa shape index (κ2) is 8.97. The van der Waals surface area contributed by atoms with Crippen molar-refractivity contribution in [2.24, 2.45) is 0 Å². The van der Waals surface area contributed by atoms with Crippen LogP contribution in [0.3, 0.4) is 0 Å². The van der Waals surface area contributed by atoms with Crippen molar-refractivity contribution < 1.29 is 9.53 Å². The lowest BCUT2D eigenvalue weighted by atomic mass is 10.2. The number of carbonyl (C=O) groups excluding carboxylic acids is 1. The summed E-state index contributed by atoms with van der Waals surface area (Å²) in [7, 11) is 0. The predicted molar refractivity (Wildman–Crippen MR) is 100 cm³/mol. The lowest BCUT2D eigenvalue weighted by molar-refractivity contribution is -0.135. The van der Waals surface area contributed by atoms with Gasteiger partial charge in [0.1, 0.15) is 5.75 Å². The number of thioether (sulfide) groups is 1. The Labute approximate surface area is 153 Å². The molecule has 24 heavy (non-hydrogen) atoms. The van der Waals surface area contributed by atoms with Gasteiger partial charge in [-0.1, -0.05) is 11.6 Å². The third-order valence-electron chi connectivity index (χ3n) is 4.60. The largest absolute Gasteiger partial charge is 0.484 e. The average Bonchev–Trinajstić information content (AvgIpc) is 2.99. The fourth-order valence-electron chi connectivity index (χ4n) is 3.33. The molecule has 2 fully saturated rings. The summed E-state index contributed by atoms with van der Waals surface area (Å²) in [4.78, 5) is 17.3. The van der Waals surface area contributed by atoms with Crippen molar-refractivity contribution in [3.63, 3.8) is 0 Å². The van der Waals surface area contributed by atoms with E-state index in [1.165, 1.54) is 25.9 Å². The fraction of sp³-hybridized carbons (Fsp3) is 0.611. The average molecular weight is 369 g/mol. The van der Waals surface area contributed by atoms with Crippen LogP contribution in [0.4, 0.5) is 0 Å². The molecule has 1 atom stereocenters. The number of carbonyl (C=O) groups is 1. The molecule has 0 N–H and O–H groups in total. The highest BCUT2D eigenvalue weighted by Crippen LogP contribution is 2.20. The molecule has 2 heterocycles. The summed E-state index contributed by atoms with van der Waals surface area (Å²) < 4.78 is 5.66. The van der Waals surface area contributed by atoms with Gasteiger partial charge in [-0.3, -0.25) is 4.79 Å². The van der Waals surface area contributed by atoms with Gasteiger partial charge in [-0.25, -0.2) is 0 Å². The molecule has 2 saturated heterocycles. The van der Waals surface area contributed by atoms with E-state index in [4.69, 9.17) is 16.3 Å². The zero-order valence-corrected chi connectivity index (χ0v) is 15.5. The van der Waals surface area contributed by atoms with Crippen LogP contribution in [-0.2, 0) is 4.79 Å². The molecular formula is C18H25ClN2O2S. The first-order valence-electron chi connectivity index (χ1n) is 8.70. The van der Waals surface area contributed by atoms with Crippen molar-refractivity contribution in [1.29, 1.82) is 0 Å². The number of likely N-dealkylation sites (tertiary alicyclic amines) is 1. The van der Waals surface area contributed by atoms with Gasteiger partial charge < -0.3 is 14.5 Å². The normalized spacial score (nSPS) is 22.4. The van der Waals surface area contributed by atoms with E-state index in [-0.39, 0.29) is 12.5 Å². The molecule has 2 aliphatic rings. The Kier molecular flexibility index (Phi) is 6.69. The summed E-state index contributed by atoms with van der Waals surface area (Å²) in [6.45, 7) is 4.28. The number of hydrogen-bond acceptors (Lipinski definition) is 4. The Morgan fingerprint density at radius 1 is 1.17 bits per heavy atom. The summed E-state index contributed by atoms with van der Waals surface area (Å²) >= 11 is 7.85. The van der Waals surface area contributed by atoms with Gasteiger partial charge in [-0.15, -0.1) is 0 Å². The number of amides is 1. The third kappa shape index (κ3) is 5.04. The summed E-state index contributed by atoms with van der Waals surface area (Å²) in [5.74, 6) is 2.95. The minimum atomic E-state index is 0.0941. The van der Waals surface area contributed by atoms with Crippen LogP contribution >= 0.6 is 23.4 Å². The Morgan fingerprint density at radius 3 is 2.67 bits per heavy atom. The highest BCUT2D eigenvalue weighted by atomic mass is 35.5. The molecule has 1 aromatic rings. The molecule has 0 spiro atoms. The first-order chi connectivity index (χ1) is 11.7. The van der Waals surface area contributed by atoms with Gasteiger partial charge in [0, 0.05) is 23.9 Å². The third-order valence-corrected chi connectivity index (χ3v) is 6.05. The maximum Gasteiger partial charge on any atom is 0.260 e. The predicted octanol–water partition coefficient (Wildman–Crippen LogP) is 3.15. The molecule has 0 radical (unpaired) electrons. The minimum Gasteiger partial charge on any atom is -0.484 e. The molecule has 132 valence electrons.